The number of nitrogens with zero attached hydrogens (tertiary/aromatic N) is 2. The van der Waals surface area contributed by atoms with E-state index in [1.165, 1.54) is 10.6 Å². The number of carbonyl (C=O) groups excluding carboxylic acids is 1. The summed E-state index contributed by atoms with van der Waals surface area (Å²) in [5.74, 6) is -1.11. The van der Waals surface area contributed by atoms with Crippen molar-refractivity contribution in [2.24, 2.45) is 0 Å². The Labute approximate surface area is 122 Å². The maximum Gasteiger partial charge on any atom is 0.274 e. The van der Waals surface area contributed by atoms with E-state index in [0.29, 0.717) is 12.2 Å². The fourth-order valence-corrected chi connectivity index (χ4v) is 2.12. The van der Waals surface area contributed by atoms with Crippen LogP contribution in [0.4, 0.5) is 0 Å². The number of amides is 1. The summed E-state index contributed by atoms with van der Waals surface area (Å²) in [6, 6.07) is 4.96. The molecule has 0 radical (unpaired) electrons. The van der Waals surface area contributed by atoms with Crippen LogP contribution >= 0.6 is 0 Å². The molecule has 0 spiro atoms. The van der Waals surface area contributed by atoms with Gasteiger partial charge in [0.2, 0.25) is 5.88 Å². The smallest absolute Gasteiger partial charge is 0.274 e. The first-order valence-electron chi connectivity index (χ1n) is 7.13. The number of pyridine rings is 1. The first kappa shape index (κ1) is 15.0. The summed E-state index contributed by atoms with van der Waals surface area (Å²) < 4.78 is 1.24. The molecule has 0 bridgehead atoms. The van der Waals surface area contributed by atoms with Gasteiger partial charge in [-0.3, -0.25) is 14.0 Å². The molecule has 0 unspecified atom stereocenters. The highest BCUT2D eigenvalue weighted by Crippen LogP contribution is 2.10. The van der Waals surface area contributed by atoms with Crippen LogP contribution in [0.15, 0.2) is 29.2 Å². The molecule has 2 rings (SSSR count). The van der Waals surface area contributed by atoms with E-state index in [9.17, 15) is 14.7 Å². The average molecular weight is 289 g/mol. The largest absolute Gasteiger partial charge is 0.493 e. The lowest BCUT2D eigenvalue weighted by atomic mass is 10.2. The van der Waals surface area contributed by atoms with Gasteiger partial charge in [0.15, 0.2) is 5.56 Å². The Morgan fingerprint density at radius 3 is 2.90 bits per heavy atom. The number of unbranched alkanes of at least 4 members (excludes halogenated alkanes) is 3. The molecule has 0 fully saturated rings. The summed E-state index contributed by atoms with van der Waals surface area (Å²) in [5, 5.41) is 12.5. The van der Waals surface area contributed by atoms with Gasteiger partial charge in [-0.05, 0) is 18.6 Å². The number of aromatic hydroxyl groups is 1. The maximum atomic E-state index is 12.2. The zero-order chi connectivity index (χ0) is 15.2. The fraction of sp³-hybridized carbons (Fsp3) is 0.400. The van der Waals surface area contributed by atoms with Crippen molar-refractivity contribution in [3.05, 3.63) is 40.3 Å². The Morgan fingerprint density at radius 1 is 1.33 bits per heavy atom. The quantitative estimate of drug-likeness (QED) is 0.793. The summed E-state index contributed by atoms with van der Waals surface area (Å²) in [6.07, 6.45) is 5.62. The molecule has 2 heterocycles. The van der Waals surface area contributed by atoms with Crippen molar-refractivity contribution < 1.29 is 9.90 Å². The first-order chi connectivity index (χ1) is 10.1. The van der Waals surface area contributed by atoms with Crippen molar-refractivity contribution >= 4 is 11.6 Å². The molecule has 2 aromatic rings. The van der Waals surface area contributed by atoms with Crippen LogP contribution in [0.25, 0.3) is 5.65 Å². The van der Waals surface area contributed by atoms with E-state index in [1.807, 2.05) is 0 Å². The summed E-state index contributed by atoms with van der Waals surface area (Å²) in [6.45, 7) is 2.59. The lowest BCUT2D eigenvalue weighted by molar-refractivity contribution is 0.0947. The van der Waals surface area contributed by atoms with Gasteiger partial charge in [0.1, 0.15) is 5.65 Å². The molecule has 112 valence electrons. The molecule has 2 aromatic heterocycles. The Bertz CT molecular complexity index is 694. The van der Waals surface area contributed by atoms with Crippen molar-refractivity contribution in [2.75, 3.05) is 6.54 Å². The highest BCUT2D eigenvalue weighted by molar-refractivity contribution is 5.96. The Balaban J connectivity index is 2.17. The highest BCUT2D eigenvalue weighted by Gasteiger charge is 2.19. The van der Waals surface area contributed by atoms with E-state index in [4.69, 9.17) is 0 Å². The molecule has 0 saturated carbocycles. The molecule has 6 heteroatoms. The van der Waals surface area contributed by atoms with Gasteiger partial charge in [-0.15, -0.1) is 0 Å². The molecule has 0 saturated heterocycles. The van der Waals surface area contributed by atoms with Crippen LogP contribution in [0, 0.1) is 0 Å². The third-order valence-electron chi connectivity index (χ3n) is 3.26. The second-order valence-corrected chi connectivity index (χ2v) is 4.86. The van der Waals surface area contributed by atoms with E-state index in [2.05, 4.69) is 17.2 Å². The maximum absolute atomic E-state index is 12.2. The van der Waals surface area contributed by atoms with Gasteiger partial charge in [-0.25, -0.2) is 0 Å². The fourth-order valence-electron chi connectivity index (χ4n) is 2.12. The molecule has 21 heavy (non-hydrogen) atoms. The third-order valence-corrected chi connectivity index (χ3v) is 3.26. The zero-order valence-electron chi connectivity index (χ0n) is 12.0. The topological polar surface area (TPSA) is 83.7 Å². The van der Waals surface area contributed by atoms with Gasteiger partial charge in [-0.1, -0.05) is 32.3 Å². The van der Waals surface area contributed by atoms with E-state index in [-0.39, 0.29) is 5.56 Å². The SMILES string of the molecule is CCCCCCNC(=O)c1c(O)nc2ccccn2c1=O. The molecule has 0 aliphatic rings. The molecule has 0 aliphatic heterocycles. The van der Waals surface area contributed by atoms with Gasteiger partial charge < -0.3 is 10.4 Å². The number of carbonyl (C=O) groups is 1. The lowest BCUT2D eigenvalue weighted by Crippen LogP contribution is -2.32. The third kappa shape index (κ3) is 3.39. The van der Waals surface area contributed by atoms with Gasteiger partial charge in [-0.2, -0.15) is 4.98 Å². The number of fused-ring (bicyclic) bond motifs is 1. The minimum atomic E-state index is -0.584. The van der Waals surface area contributed by atoms with Crippen molar-refractivity contribution in [2.45, 2.75) is 32.6 Å². The summed E-state index contributed by atoms with van der Waals surface area (Å²) in [7, 11) is 0. The Morgan fingerprint density at radius 2 is 2.14 bits per heavy atom. The molecule has 1 amide bonds. The number of aromatic nitrogens is 2. The predicted molar refractivity (Wildman–Crippen MR) is 79.6 cm³/mol. The second kappa shape index (κ2) is 6.88. The van der Waals surface area contributed by atoms with E-state index < -0.39 is 17.3 Å². The molecule has 2 N–H and O–H groups in total. The van der Waals surface area contributed by atoms with Crippen LogP contribution < -0.4 is 10.9 Å². The van der Waals surface area contributed by atoms with Crippen molar-refractivity contribution in [1.82, 2.24) is 14.7 Å². The number of hydrogen-bond acceptors (Lipinski definition) is 4. The van der Waals surface area contributed by atoms with Gasteiger partial charge in [0, 0.05) is 12.7 Å². The number of hydrogen-bond donors (Lipinski definition) is 2. The monoisotopic (exact) mass is 289 g/mol. The molecule has 6 nitrogen and oxygen atoms in total. The number of nitrogens with one attached hydrogen (secondary N) is 1. The van der Waals surface area contributed by atoms with Crippen molar-refractivity contribution in [1.29, 1.82) is 0 Å². The van der Waals surface area contributed by atoms with Gasteiger partial charge in [0.05, 0.1) is 0 Å². The van der Waals surface area contributed by atoms with Crippen molar-refractivity contribution in [3.8, 4) is 5.88 Å². The predicted octanol–water partition coefficient (Wildman–Crippen LogP) is 1.71. The summed E-state index contributed by atoms with van der Waals surface area (Å²) >= 11 is 0. The standard InChI is InChI=1S/C15H19N3O3/c1-2-3-4-6-9-16-13(19)12-14(20)17-11-8-5-7-10-18(11)15(12)21/h5,7-8,10,20H,2-4,6,9H2,1H3,(H,16,19). The van der Waals surface area contributed by atoms with E-state index in [0.717, 1.165) is 25.7 Å². The minimum absolute atomic E-state index is 0.305. The van der Waals surface area contributed by atoms with Crippen LogP contribution in [0.3, 0.4) is 0 Å². The molecular formula is C15H19N3O3. The summed E-state index contributed by atoms with van der Waals surface area (Å²) in [4.78, 5) is 28.1. The van der Waals surface area contributed by atoms with E-state index in [1.54, 1.807) is 18.2 Å². The van der Waals surface area contributed by atoms with E-state index >= 15 is 0 Å². The normalized spacial score (nSPS) is 10.7. The Hall–Kier alpha value is -2.37. The Kier molecular flexibility index (Phi) is 4.92. The molecule has 0 aromatic carbocycles. The number of rotatable bonds is 6. The highest BCUT2D eigenvalue weighted by atomic mass is 16.3. The molecular weight excluding hydrogens is 270 g/mol. The minimum Gasteiger partial charge on any atom is -0.493 e. The van der Waals surface area contributed by atoms with Crippen LogP contribution in [-0.2, 0) is 0 Å². The first-order valence-corrected chi connectivity index (χ1v) is 7.13. The molecule has 0 aliphatic carbocycles. The summed E-state index contributed by atoms with van der Waals surface area (Å²) in [5.41, 5.74) is -0.571. The van der Waals surface area contributed by atoms with Crippen LogP contribution in [0.5, 0.6) is 5.88 Å². The van der Waals surface area contributed by atoms with Crippen LogP contribution in [0.2, 0.25) is 0 Å². The molecule has 0 atom stereocenters. The van der Waals surface area contributed by atoms with Crippen LogP contribution in [0.1, 0.15) is 43.0 Å². The second-order valence-electron chi connectivity index (χ2n) is 4.86. The van der Waals surface area contributed by atoms with Gasteiger partial charge in [0.25, 0.3) is 11.5 Å². The zero-order valence-corrected chi connectivity index (χ0v) is 12.0. The van der Waals surface area contributed by atoms with Crippen molar-refractivity contribution in [3.63, 3.8) is 0 Å². The van der Waals surface area contributed by atoms with Crippen LogP contribution in [-0.4, -0.2) is 26.9 Å². The average Bonchev–Trinajstić information content (AvgIpc) is 2.47. The lowest BCUT2D eigenvalue weighted by Gasteiger charge is -2.07. The van der Waals surface area contributed by atoms with Gasteiger partial charge >= 0.3 is 0 Å².